The second-order valence-corrected chi connectivity index (χ2v) is 4.53. The third-order valence-electron chi connectivity index (χ3n) is 2.80. The minimum atomic E-state index is -0.547. The van der Waals surface area contributed by atoms with E-state index in [2.05, 4.69) is 6.92 Å². The lowest BCUT2D eigenvalue weighted by molar-refractivity contribution is -0.145. The van der Waals surface area contributed by atoms with E-state index >= 15 is 0 Å². The van der Waals surface area contributed by atoms with Gasteiger partial charge in [0.1, 0.15) is 6.04 Å². The number of unbranched alkanes of at least 4 members (excludes halogenated alkanes) is 5. The van der Waals surface area contributed by atoms with E-state index in [-0.39, 0.29) is 5.97 Å². The first-order chi connectivity index (χ1) is 8.72. The van der Waals surface area contributed by atoms with Crippen molar-refractivity contribution in [2.24, 2.45) is 5.73 Å². The van der Waals surface area contributed by atoms with E-state index in [0.29, 0.717) is 19.6 Å². The van der Waals surface area contributed by atoms with Gasteiger partial charge in [0, 0.05) is 13.2 Å². The van der Waals surface area contributed by atoms with Gasteiger partial charge in [-0.25, -0.2) is 0 Å². The zero-order valence-corrected chi connectivity index (χ0v) is 12.0. The van der Waals surface area contributed by atoms with E-state index in [9.17, 15) is 4.79 Å². The molecule has 0 aromatic heterocycles. The first-order valence-electron chi connectivity index (χ1n) is 7.22. The average molecular weight is 259 g/mol. The van der Waals surface area contributed by atoms with Gasteiger partial charge < -0.3 is 15.2 Å². The fourth-order valence-corrected chi connectivity index (χ4v) is 1.66. The van der Waals surface area contributed by atoms with Crippen LogP contribution in [0.3, 0.4) is 0 Å². The van der Waals surface area contributed by atoms with Crippen LogP contribution < -0.4 is 5.73 Å². The van der Waals surface area contributed by atoms with Gasteiger partial charge in [-0.05, 0) is 19.8 Å². The molecule has 0 amide bonds. The normalized spacial score (nSPS) is 12.4. The van der Waals surface area contributed by atoms with Crippen molar-refractivity contribution in [3.05, 3.63) is 0 Å². The van der Waals surface area contributed by atoms with E-state index in [1.165, 1.54) is 32.1 Å². The summed E-state index contributed by atoms with van der Waals surface area (Å²) in [4.78, 5) is 11.2. The van der Waals surface area contributed by atoms with Crippen molar-refractivity contribution in [1.29, 1.82) is 0 Å². The van der Waals surface area contributed by atoms with Crippen LogP contribution in [-0.4, -0.2) is 31.8 Å². The molecule has 0 aromatic carbocycles. The lowest BCUT2D eigenvalue weighted by atomic mass is 10.1. The van der Waals surface area contributed by atoms with Crippen LogP contribution >= 0.6 is 0 Å². The molecule has 0 aliphatic rings. The molecule has 18 heavy (non-hydrogen) atoms. The number of nitrogens with two attached hydrogens (primary N) is 1. The van der Waals surface area contributed by atoms with Gasteiger partial charge in [-0.15, -0.1) is 0 Å². The third kappa shape index (κ3) is 10.5. The van der Waals surface area contributed by atoms with E-state index in [0.717, 1.165) is 13.0 Å². The topological polar surface area (TPSA) is 61.5 Å². The van der Waals surface area contributed by atoms with E-state index in [1.54, 1.807) is 6.92 Å². The van der Waals surface area contributed by atoms with Crippen LogP contribution in [0.1, 0.15) is 58.8 Å². The monoisotopic (exact) mass is 259 g/mol. The number of carbonyl (C=O) groups excluding carboxylic acids is 1. The summed E-state index contributed by atoms with van der Waals surface area (Å²) in [5, 5.41) is 0. The number of hydrogen-bond donors (Lipinski definition) is 1. The van der Waals surface area contributed by atoms with Crippen LogP contribution in [0, 0.1) is 0 Å². The maximum absolute atomic E-state index is 11.2. The van der Waals surface area contributed by atoms with Crippen LogP contribution in [0.2, 0.25) is 0 Å². The number of ether oxygens (including phenoxy) is 2. The predicted molar refractivity (Wildman–Crippen MR) is 73.4 cm³/mol. The molecule has 0 saturated carbocycles. The first-order valence-corrected chi connectivity index (χ1v) is 7.22. The molecule has 0 radical (unpaired) electrons. The van der Waals surface area contributed by atoms with Crippen LogP contribution in [-0.2, 0) is 14.3 Å². The molecule has 0 aliphatic heterocycles. The molecule has 2 N–H and O–H groups in total. The molecule has 0 spiro atoms. The van der Waals surface area contributed by atoms with Crippen LogP contribution in [0.5, 0.6) is 0 Å². The van der Waals surface area contributed by atoms with Crippen molar-refractivity contribution < 1.29 is 14.3 Å². The standard InChI is InChI=1S/C14H29NO3/c1-3-5-6-7-8-9-11-17-12-10-13(15)14(16)18-4-2/h13H,3-12,15H2,1-2H3. The number of carbonyl (C=O) groups is 1. The Labute approximate surface area is 111 Å². The lowest BCUT2D eigenvalue weighted by Crippen LogP contribution is -2.33. The fraction of sp³-hybridized carbons (Fsp3) is 0.929. The highest BCUT2D eigenvalue weighted by Gasteiger charge is 2.13. The van der Waals surface area contributed by atoms with E-state index in [1.807, 2.05) is 0 Å². The van der Waals surface area contributed by atoms with Gasteiger partial charge in [-0.3, -0.25) is 4.79 Å². The van der Waals surface area contributed by atoms with Gasteiger partial charge in [-0.1, -0.05) is 39.0 Å². The number of esters is 1. The van der Waals surface area contributed by atoms with Gasteiger partial charge >= 0.3 is 5.97 Å². The smallest absolute Gasteiger partial charge is 0.322 e. The van der Waals surface area contributed by atoms with Crippen LogP contribution in [0.25, 0.3) is 0 Å². The summed E-state index contributed by atoms with van der Waals surface area (Å²) in [6, 6.07) is -0.547. The largest absolute Gasteiger partial charge is 0.465 e. The first kappa shape index (κ1) is 17.4. The highest BCUT2D eigenvalue weighted by atomic mass is 16.5. The molecule has 1 unspecified atom stereocenters. The summed E-state index contributed by atoms with van der Waals surface area (Å²) in [5.74, 6) is -0.333. The zero-order valence-electron chi connectivity index (χ0n) is 12.0. The molecule has 0 aromatic rings. The average Bonchev–Trinajstić information content (AvgIpc) is 2.36. The maximum Gasteiger partial charge on any atom is 0.322 e. The summed E-state index contributed by atoms with van der Waals surface area (Å²) in [6.45, 7) is 5.68. The highest BCUT2D eigenvalue weighted by molar-refractivity contribution is 5.75. The molecule has 0 rings (SSSR count). The number of hydrogen-bond acceptors (Lipinski definition) is 4. The van der Waals surface area contributed by atoms with Crippen LogP contribution in [0.4, 0.5) is 0 Å². The van der Waals surface area contributed by atoms with Gasteiger partial charge in [0.2, 0.25) is 0 Å². The summed E-state index contributed by atoms with van der Waals surface area (Å²) in [6.07, 6.45) is 8.08. The molecule has 4 heteroatoms. The molecule has 0 heterocycles. The molecular formula is C14H29NO3. The van der Waals surface area contributed by atoms with Crippen molar-refractivity contribution in [2.45, 2.75) is 64.8 Å². The van der Waals surface area contributed by atoms with E-state index in [4.69, 9.17) is 15.2 Å². The Morgan fingerprint density at radius 3 is 2.39 bits per heavy atom. The summed E-state index contributed by atoms with van der Waals surface area (Å²) in [5.41, 5.74) is 5.64. The Morgan fingerprint density at radius 2 is 1.72 bits per heavy atom. The lowest BCUT2D eigenvalue weighted by Gasteiger charge is -2.10. The molecule has 0 aliphatic carbocycles. The molecule has 108 valence electrons. The van der Waals surface area contributed by atoms with Gasteiger partial charge in [0.15, 0.2) is 0 Å². The van der Waals surface area contributed by atoms with Crippen molar-refractivity contribution in [2.75, 3.05) is 19.8 Å². The third-order valence-corrected chi connectivity index (χ3v) is 2.80. The van der Waals surface area contributed by atoms with Gasteiger partial charge in [-0.2, -0.15) is 0 Å². The predicted octanol–water partition coefficient (Wildman–Crippen LogP) is 2.64. The minimum absolute atomic E-state index is 0.333. The van der Waals surface area contributed by atoms with Crippen molar-refractivity contribution in [3.63, 3.8) is 0 Å². The Kier molecular flexibility index (Phi) is 12.4. The Morgan fingerprint density at radius 1 is 1.06 bits per heavy atom. The van der Waals surface area contributed by atoms with Crippen molar-refractivity contribution in [3.8, 4) is 0 Å². The molecule has 4 nitrogen and oxygen atoms in total. The van der Waals surface area contributed by atoms with Crippen molar-refractivity contribution >= 4 is 5.97 Å². The quantitative estimate of drug-likeness (QED) is 0.432. The minimum Gasteiger partial charge on any atom is -0.465 e. The second kappa shape index (κ2) is 12.8. The summed E-state index contributed by atoms with van der Waals surface area (Å²) >= 11 is 0. The Bertz CT molecular complexity index is 197. The molecule has 1 atom stereocenters. The SMILES string of the molecule is CCCCCCCCOCCC(N)C(=O)OCC. The summed E-state index contributed by atoms with van der Waals surface area (Å²) in [7, 11) is 0. The van der Waals surface area contributed by atoms with Gasteiger partial charge in [0.25, 0.3) is 0 Å². The van der Waals surface area contributed by atoms with Crippen molar-refractivity contribution in [1.82, 2.24) is 0 Å². The molecule has 0 fully saturated rings. The molecule has 0 saturated heterocycles. The van der Waals surface area contributed by atoms with Crippen LogP contribution in [0.15, 0.2) is 0 Å². The molecule has 0 bridgehead atoms. The van der Waals surface area contributed by atoms with Gasteiger partial charge in [0.05, 0.1) is 6.61 Å². The second-order valence-electron chi connectivity index (χ2n) is 4.53. The maximum atomic E-state index is 11.2. The summed E-state index contributed by atoms with van der Waals surface area (Å²) < 4.78 is 10.3. The zero-order chi connectivity index (χ0) is 13.6. The molecular weight excluding hydrogens is 230 g/mol. The number of rotatable bonds is 12. The Balaban J connectivity index is 3.22. The highest BCUT2D eigenvalue weighted by Crippen LogP contribution is 2.05. The van der Waals surface area contributed by atoms with E-state index < -0.39 is 6.04 Å². The fourth-order valence-electron chi connectivity index (χ4n) is 1.66. The Hall–Kier alpha value is -0.610.